The van der Waals surface area contributed by atoms with E-state index < -0.39 is 28.3 Å². The van der Waals surface area contributed by atoms with Gasteiger partial charge in [-0.25, -0.2) is 12.8 Å². The van der Waals surface area contributed by atoms with Crippen molar-refractivity contribution in [3.63, 3.8) is 0 Å². The average molecular weight is 479 g/mol. The van der Waals surface area contributed by atoms with E-state index in [-0.39, 0.29) is 11.4 Å². The van der Waals surface area contributed by atoms with Crippen molar-refractivity contribution in [3.8, 4) is 0 Å². The Balaban J connectivity index is 1.88. The molecule has 0 radical (unpaired) electrons. The van der Waals surface area contributed by atoms with E-state index in [1.807, 2.05) is 18.4 Å². The second-order valence-corrected chi connectivity index (χ2v) is 9.82. The van der Waals surface area contributed by atoms with Gasteiger partial charge in [0.25, 0.3) is 0 Å². The van der Waals surface area contributed by atoms with E-state index in [9.17, 15) is 17.6 Å². The van der Waals surface area contributed by atoms with E-state index in [4.69, 9.17) is 11.6 Å². The Morgan fingerprint density at radius 3 is 2.32 bits per heavy atom. The van der Waals surface area contributed by atoms with Crippen LogP contribution in [-0.4, -0.2) is 31.4 Å². The van der Waals surface area contributed by atoms with E-state index in [1.165, 1.54) is 60.3 Å². The molecule has 9 heteroatoms. The summed E-state index contributed by atoms with van der Waals surface area (Å²) in [6.07, 6.45) is 1.89. The number of hydrogen-bond donors (Lipinski definition) is 1. The molecule has 0 bridgehead atoms. The maximum atomic E-state index is 13.3. The predicted octanol–water partition coefficient (Wildman–Crippen LogP) is 5.03. The number of hydrogen-bond acceptors (Lipinski definition) is 4. The van der Waals surface area contributed by atoms with Crippen LogP contribution in [0.5, 0.6) is 0 Å². The van der Waals surface area contributed by atoms with Crippen molar-refractivity contribution >= 4 is 45.0 Å². The molecule has 5 nitrogen and oxygen atoms in total. The molecule has 0 saturated carbocycles. The van der Waals surface area contributed by atoms with Crippen molar-refractivity contribution in [1.29, 1.82) is 0 Å². The third-order valence-electron chi connectivity index (χ3n) is 4.42. The first kappa shape index (κ1) is 23.3. The third kappa shape index (κ3) is 6.07. The number of carbonyl (C=O) groups is 1. The Kier molecular flexibility index (Phi) is 7.72. The standard InChI is InChI=1S/C22H20ClFN2O3S2/c1-30-21-5-3-2-4-20(21)25-22(27)15-26(14-16-6-10-18(24)11-7-16)31(28,29)19-12-8-17(23)9-13-19/h2-13H,14-15H2,1H3,(H,25,27). The summed E-state index contributed by atoms with van der Waals surface area (Å²) in [5.41, 5.74) is 1.15. The average Bonchev–Trinajstić information content (AvgIpc) is 2.75. The number of rotatable bonds is 8. The zero-order valence-electron chi connectivity index (χ0n) is 16.6. The smallest absolute Gasteiger partial charge is 0.243 e. The number of para-hydroxylation sites is 1. The highest BCUT2D eigenvalue weighted by atomic mass is 35.5. The van der Waals surface area contributed by atoms with Crippen LogP contribution in [0.15, 0.2) is 82.6 Å². The lowest BCUT2D eigenvalue weighted by Gasteiger charge is -2.22. The van der Waals surface area contributed by atoms with Crippen LogP contribution in [0.3, 0.4) is 0 Å². The van der Waals surface area contributed by atoms with Gasteiger partial charge in [0.05, 0.1) is 17.1 Å². The molecule has 0 aliphatic rings. The molecule has 3 aromatic rings. The zero-order valence-corrected chi connectivity index (χ0v) is 19.0. The number of thioether (sulfide) groups is 1. The minimum absolute atomic E-state index is 0.0105. The number of nitrogens with zero attached hydrogens (tertiary/aromatic N) is 1. The van der Waals surface area contributed by atoms with Crippen LogP contribution in [0, 0.1) is 5.82 Å². The summed E-state index contributed by atoms with van der Waals surface area (Å²) in [6.45, 7) is -0.506. The molecule has 0 aliphatic heterocycles. The van der Waals surface area contributed by atoms with Crippen molar-refractivity contribution in [2.24, 2.45) is 0 Å². The number of anilines is 1. The topological polar surface area (TPSA) is 66.5 Å². The second-order valence-electron chi connectivity index (χ2n) is 6.60. The monoisotopic (exact) mass is 478 g/mol. The highest BCUT2D eigenvalue weighted by Crippen LogP contribution is 2.25. The number of amides is 1. The Hall–Kier alpha value is -2.39. The molecule has 0 aliphatic carbocycles. The molecule has 1 amide bonds. The van der Waals surface area contributed by atoms with Crippen molar-refractivity contribution in [2.75, 3.05) is 18.1 Å². The van der Waals surface area contributed by atoms with Gasteiger partial charge in [-0.2, -0.15) is 4.31 Å². The van der Waals surface area contributed by atoms with Gasteiger partial charge in [0, 0.05) is 16.5 Å². The quantitative estimate of drug-likeness (QED) is 0.461. The molecular formula is C22H20ClFN2O3S2. The molecule has 0 spiro atoms. The number of benzene rings is 3. The molecular weight excluding hydrogens is 459 g/mol. The number of halogens is 2. The zero-order chi connectivity index (χ0) is 22.4. The number of sulfonamides is 1. The maximum Gasteiger partial charge on any atom is 0.243 e. The van der Waals surface area contributed by atoms with Gasteiger partial charge in [0.15, 0.2) is 0 Å². The van der Waals surface area contributed by atoms with Crippen molar-refractivity contribution in [2.45, 2.75) is 16.3 Å². The minimum Gasteiger partial charge on any atom is -0.324 e. The van der Waals surface area contributed by atoms with Crippen molar-refractivity contribution < 1.29 is 17.6 Å². The molecule has 0 unspecified atom stereocenters. The number of nitrogens with one attached hydrogen (secondary N) is 1. The van der Waals surface area contributed by atoms with Crippen LogP contribution in [0.4, 0.5) is 10.1 Å². The summed E-state index contributed by atoms with van der Waals surface area (Å²) in [5, 5.41) is 3.17. The Morgan fingerprint density at radius 2 is 1.68 bits per heavy atom. The molecule has 3 aromatic carbocycles. The molecule has 0 fully saturated rings. The van der Waals surface area contributed by atoms with E-state index >= 15 is 0 Å². The van der Waals surface area contributed by atoms with Gasteiger partial charge in [0.2, 0.25) is 15.9 Å². The molecule has 0 saturated heterocycles. The van der Waals surface area contributed by atoms with Crippen LogP contribution >= 0.6 is 23.4 Å². The second kappa shape index (κ2) is 10.3. The molecule has 0 heterocycles. The molecule has 31 heavy (non-hydrogen) atoms. The van der Waals surface area contributed by atoms with Gasteiger partial charge in [0.1, 0.15) is 5.82 Å². The maximum absolute atomic E-state index is 13.3. The number of carbonyl (C=O) groups excluding carboxylic acids is 1. The largest absolute Gasteiger partial charge is 0.324 e. The highest BCUT2D eigenvalue weighted by Gasteiger charge is 2.27. The molecule has 162 valence electrons. The van der Waals surface area contributed by atoms with Crippen LogP contribution in [0.2, 0.25) is 5.02 Å². The predicted molar refractivity (Wildman–Crippen MR) is 122 cm³/mol. The van der Waals surface area contributed by atoms with Gasteiger partial charge >= 0.3 is 0 Å². The Labute approximate surface area is 190 Å². The van der Waals surface area contributed by atoms with E-state index in [1.54, 1.807) is 12.1 Å². The first-order chi connectivity index (χ1) is 14.8. The summed E-state index contributed by atoms with van der Waals surface area (Å²) in [4.78, 5) is 13.6. The fourth-order valence-electron chi connectivity index (χ4n) is 2.87. The summed E-state index contributed by atoms with van der Waals surface area (Å²) in [5.74, 6) is -0.913. The summed E-state index contributed by atoms with van der Waals surface area (Å²) in [7, 11) is -4.01. The molecule has 3 rings (SSSR count). The van der Waals surface area contributed by atoms with E-state index in [0.29, 0.717) is 16.3 Å². The molecule has 0 aromatic heterocycles. The van der Waals surface area contributed by atoms with Gasteiger partial charge in [-0.15, -0.1) is 11.8 Å². The Bertz CT molecular complexity index is 1150. The summed E-state index contributed by atoms with van der Waals surface area (Å²) < 4.78 is 40.8. The summed E-state index contributed by atoms with van der Waals surface area (Å²) in [6, 6.07) is 18.4. The van der Waals surface area contributed by atoms with Gasteiger partial charge in [-0.05, 0) is 60.4 Å². The first-order valence-corrected chi connectivity index (χ1v) is 12.3. The van der Waals surface area contributed by atoms with Gasteiger partial charge < -0.3 is 5.32 Å². The molecule has 1 N–H and O–H groups in total. The van der Waals surface area contributed by atoms with Crippen LogP contribution in [0.25, 0.3) is 0 Å². The molecule has 0 atom stereocenters. The van der Waals surface area contributed by atoms with E-state index in [0.717, 1.165) is 9.20 Å². The van der Waals surface area contributed by atoms with Gasteiger partial charge in [-0.1, -0.05) is 35.9 Å². The van der Waals surface area contributed by atoms with Crippen molar-refractivity contribution in [3.05, 3.63) is 89.2 Å². The minimum atomic E-state index is -4.01. The van der Waals surface area contributed by atoms with Crippen LogP contribution in [0.1, 0.15) is 5.56 Å². The fraction of sp³-hybridized carbons (Fsp3) is 0.136. The SMILES string of the molecule is CSc1ccccc1NC(=O)CN(Cc1ccc(F)cc1)S(=O)(=O)c1ccc(Cl)cc1. The Morgan fingerprint density at radius 1 is 1.03 bits per heavy atom. The van der Waals surface area contributed by atoms with Gasteiger partial charge in [-0.3, -0.25) is 4.79 Å². The van der Waals surface area contributed by atoms with E-state index in [2.05, 4.69) is 5.32 Å². The van der Waals surface area contributed by atoms with Crippen molar-refractivity contribution in [1.82, 2.24) is 4.31 Å². The van der Waals surface area contributed by atoms with Crippen LogP contribution in [-0.2, 0) is 21.4 Å². The third-order valence-corrected chi connectivity index (χ3v) is 7.28. The lowest BCUT2D eigenvalue weighted by atomic mass is 10.2. The fourth-order valence-corrected chi connectivity index (χ4v) is 4.94. The summed E-state index contributed by atoms with van der Waals surface area (Å²) >= 11 is 7.35. The first-order valence-electron chi connectivity index (χ1n) is 9.22. The highest BCUT2D eigenvalue weighted by molar-refractivity contribution is 7.98. The lowest BCUT2D eigenvalue weighted by molar-refractivity contribution is -0.116. The van der Waals surface area contributed by atoms with Crippen LogP contribution < -0.4 is 5.32 Å². The lowest BCUT2D eigenvalue weighted by Crippen LogP contribution is -2.37. The normalized spacial score (nSPS) is 11.5.